The summed E-state index contributed by atoms with van der Waals surface area (Å²) in [4.78, 5) is 47.0. The third-order valence-electron chi connectivity index (χ3n) is 20.6. The van der Waals surface area contributed by atoms with Crippen LogP contribution in [-0.4, -0.2) is 157 Å². The molecule has 0 spiro atoms. The Balaban J connectivity index is 0.843. The van der Waals surface area contributed by atoms with Crippen molar-refractivity contribution in [3.8, 4) is 0 Å². The smallest absolute Gasteiger partial charge is 0.407 e. The molecule has 7 aliphatic rings. The average molecular weight is 1430 g/mol. The highest BCUT2D eigenvalue weighted by Crippen LogP contribution is 2.48. The first-order valence-electron chi connectivity index (χ1n) is 35.3. The number of fused-ring (bicyclic) bond motifs is 3. The Hall–Kier alpha value is -7.79. The molecule has 6 saturated heterocycles. The number of nitrogens with one attached hydrogen (secondary N) is 2. The van der Waals surface area contributed by atoms with Crippen molar-refractivity contribution >= 4 is 54.2 Å². The van der Waals surface area contributed by atoms with Gasteiger partial charge in [-0.2, -0.15) is 0 Å². The molecule has 0 radical (unpaired) electrons. The van der Waals surface area contributed by atoms with Gasteiger partial charge in [0.05, 0.1) is 37.4 Å². The molecule has 1 aromatic heterocycles. The van der Waals surface area contributed by atoms with Gasteiger partial charge < -0.3 is 81.7 Å². The van der Waals surface area contributed by atoms with E-state index in [1.54, 1.807) is 12.4 Å². The van der Waals surface area contributed by atoms with E-state index in [-0.39, 0.29) is 43.4 Å². The van der Waals surface area contributed by atoms with Crippen LogP contribution in [0, 0.1) is 11.8 Å². The molecule has 3 N–H and O–H groups in total. The van der Waals surface area contributed by atoms with Crippen molar-refractivity contribution in [3.05, 3.63) is 223 Å². The zero-order chi connectivity index (χ0) is 70.5. The van der Waals surface area contributed by atoms with Gasteiger partial charge in [0.25, 0.3) is 13.5 Å². The number of hydrogen-bond donors (Lipinski definition) is 3. The minimum Gasteiger partial charge on any atom is -0.462 e. The minimum atomic E-state index is -3.66. The summed E-state index contributed by atoms with van der Waals surface area (Å²) in [5, 5.41) is 20.2. The lowest BCUT2D eigenvalue weighted by atomic mass is 9.76. The van der Waals surface area contributed by atoms with Crippen LogP contribution < -0.4 is 21.0 Å². The molecule has 7 aromatic rings. The quantitative estimate of drug-likeness (QED) is 0.0278. The number of thiocarbonyl (C=S) groups is 1. The molecule has 538 valence electrons. The van der Waals surface area contributed by atoms with E-state index in [2.05, 4.69) is 60.7 Å². The van der Waals surface area contributed by atoms with E-state index in [4.69, 9.17) is 78.2 Å². The van der Waals surface area contributed by atoms with Crippen molar-refractivity contribution < 1.29 is 85.5 Å². The third-order valence-corrected chi connectivity index (χ3v) is 25.9. The van der Waals surface area contributed by atoms with E-state index < -0.39 is 148 Å². The number of alkyl carbamates (subject to hydrolysis) is 2. The van der Waals surface area contributed by atoms with Crippen LogP contribution in [-0.2, 0) is 84.0 Å². The molecular weight excluding hydrogens is 1340 g/mol. The number of aromatic nitrogens is 2. The van der Waals surface area contributed by atoms with Crippen LogP contribution in [0.3, 0.4) is 0 Å². The summed E-state index contributed by atoms with van der Waals surface area (Å²) in [6.07, 6.45) is -12.2. The van der Waals surface area contributed by atoms with Crippen LogP contribution in [0.5, 0.6) is 0 Å². The van der Waals surface area contributed by atoms with E-state index in [1.807, 2.05) is 172 Å². The van der Waals surface area contributed by atoms with Gasteiger partial charge in [-0.1, -0.05) is 217 Å². The molecule has 102 heavy (non-hydrogen) atoms. The maximum atomic E-state index is 14.6. The lowest BCUT2D eigenvalue weighted by Crippen LogP contribution is -2.70. The highest BCUT2D eigenvalue weighted by atomic mass is 32.1. The number of nitrogens with zero attached hydrogens (tertiary/aromatic N) is 2. The van der Waals surface area contributed by atoms with Gasteiger partial charge in [0, 0.05) is 23.9 Å². The number of benzene rings is 6. The Morgan fingerprint density at radius 2 is 1.19 bits per heavy atom. The van der Waals surface area contributed by atoms with Crippen LogP contribution in [0.1, 0.15) is 101 Å². The molecule has 6 aromatic carbocycles. The van der Waals surface area contributed by atoms with Crippen LogP contribution in [0.25, 0.3) is 0 Å². The number of esters is 1. The Kier molecular flexibility index (Phi) is 22.1. The van der Waals surface area contributed by atoms with E-state index in [1.165, 1.54) is 10.9 Å². The summed E-state index contributed by atoms with van der Waals surface area (Å²) >= 11 is 5.99. The first-order chi connectivity index (χ1) is 49.6. The van der Waals surface area contributed by atoms with Crippen LogP contribution in [0.15, 0.2) is 201 Å². The molecule has 22 nitrogen and oxygen atoms in total. The van der Waals surface area contributed by atoms with Crippen molar-refractivity contribution in [1.29, 1.82) is 0 Å². The average Bonchev–Trinajstić information content (AvgIpc) is 1.30. The molecule has 14 rings (SSSR count). The molecule has 7 heterocycles. The van der Waals surface area contributed by atoms with Gasteiger partial charge in [0.1, 0.15) is 80.5 Å². The van der Waals surface area contributed by atoms with Gasteiger partial charge >= 0.3 is 18.2 Å². The second-order valence-corrected chi connectivity index (χ2v) is 32.8. The summed E-state index contributed by atoms with van der Waals surface area (Å²) in [6.45, 7) is 10.4. The van der Waals surface area contributed by atoms with Gasteiger partial charge in [-0.05, 0) is 75.9 Å². The van der Waals surface area contributed by atoms with Crippen molar-refractivity contribution in [2.75, 3.05) is 6.61 Å². The molecule has 21 atom stereocenters. The fourth-order valence-corrected chi connectivity index (χ4v) is 20.5. The van der Waals surface area contributed by atoms with Crippen molar-refractivity contribution in [3.63, 3.8) is 0 Å². The summed E-state index contributed by atoms with van der Waals surface area (Å²) in [6, 6.07) is 55.7. The standard InChI is InChI=1S/C78H88N4O18SSi/c1-6-55-66(97-72-60(80-75(85)88-43-48-25-13-7-14-26-48)62(84)65-57(92-72)38-37-56(90-65)50-29-17-9-18-30-50)70(100-102(78(3,4)5,53-33-21-11-22-34-53)54-35-23-12-24-36-54)74(91-55)98-69-63(47(2)41-52-42-59(83)94-64(52)69)95-73-61(81-76(86)89-44-49-27-15-8-16-28-49)68(99-77(101)82-40-39-79-46-82)67-58(93-73)45-87-71(96-67)51-31-19-10-20-32-51/h7-36,39-40,46-47,52,55-58,60-74,84H,6,37-38,41-45H2,1-5H3,(H,80,85)(H,81,86)/t47-,52-,55+,56?,57-,58+,60+,61+,62+,63+,64-,65+,66+,67+,68+,69-,70+,71?,72+,73+,74-/m0/s1. The number of aliphatic hydroxyl groups excluding tert-OH is 1. The van der Waals surface area contributed by atoms with E-state index in [0.29, 0.717) is 25.7 Å². The second kappa shape index (κ2) is 31.7. The number of rotatable bonds is 20. The monoisotopic (exact) mass is 1430 g/mol. The first kappa shape index (κ1) is 71.2. The molecule has 2 amide bonds. The second-order valence-electron chi connectivity index (χ2n) is 28.2. The predicted molar refractivity (Wildman–Crippen MR) is 377 cm³/mol. The Morgan fingerprint density at radius 3 is 1.78 bits per heavy atom. The van der Waals surface area contributed by atoms with E-state index >= 15 is 0 Å². The fourth-order valence-electron chi connectivity index (χ4n) is 15.6. The lowest BCUT2D eigenvalue weighted by molar-refractivity contribution is -0.358. The minimum absolute atomic E-state index is 0.00199. The number of hydrogen-bond acceptors (Lipinski definition) is 20. The zero-order valence-corrected chi connectivity index (χ0v) is 59.3. The Morgan fingerprint density at radius 1 is 0.627 bits per heavy atom. The van der Waals surface area contributed by atoms with Crippen LogP contribution >= 0.6 is 12.2 Å². The number of carbonyl (C=O) groups excluding carboxylic acids is 3. The summed E-state index contributed by atoms with van der Waals surface area (Å²) in [7, 11) is -3.66. The first-order valence-corrected chi connectivity index (χ1v) is 37.7. The molecule has 2 unspecified atom stereocenters. The maximum Gasteiger partial charge on any atom is 0.407 e. The zero-order valence-electron chi connectivity index (χ0n) is 57.5. The molecular formula is C78H88N4O18SSi. The van der Waals surface area contributed by atoms with Crippen LogP contribution in [0.2, 0.25) is 5.04 Å². The van der Waals surface area contributed by atoms with Crippen molar-refractivity contribution in [1.82, 2.24) is 20.2 Å². The SMILES string of the molecule is CC[C@H]1O[C@@H](O[C@@H]2[C@H]3OC(=O)C[C@@H]3C[C@H](C)[C@H]2O[C@H]2O[C@@H]3COC(c4ccccc4)O[C@H]3[C@H](OC(=S)n3ccnc3)[C@H]2NC(=O)OCc2ccccc2)[C@H](O[Si](c2ccccc2)(c2ccccc2)C(C)(C)C)[C@@H]1O[C@H]1O[C@H]2CCC(c3ccccc3)O[C@H]2[C@H](O)[C@H]1NC(=O)OCc1ccccc1. The van der Waals surface area contributed by atoms with E-state index in [9.17, 15) is 19.5 Å². The summed E-state index contributed by atoms with van der Waals surface area (Å²) in [5.74, 6) is -1.14. The van der Waals surface area contributed by atoms with Crippen LogP contribution in [0.4, 0.5) is 9.59 Å². The summed E-state index contributed by atoms with van der Waals surface area (Å²) < 4.78 is 99.0. The summed E-state index contributed by atoms with van der Waals surface area (Å²) in [5.41, 5.74) is 3.19. The Bertz CT molecular complexity index is 3860. The molecule has 1 aliphatic carbocycles. The molecule has 0 bridgehead atoms. The topological polar surface area (TPSA) is 243 Å². The van der Waals surface area contributed by atoms with Gasteiger partial charge in [-0.3, -0.25) is 9.36 Å². The largest absolute Gasteiger partial charge is 0.462 e. The van der Waals surface area contributed by atoms with E-state index in [0.717, 1.165) is 32.6 Å². The fraction of sp³-hybridized carbons (Fsp3) is 0.449. The third kappa shape index (κ3) is 15.4. The van der Waals surface area contributed by atoms with Gasteiger partial charge in [0.15, 0.2) is 31.3 Å². The Labute approximate surface area is 599 Å². The number of ether oxygens (including phenoxy) is 13. The number of amides is 2. The normalized spacial score (nSPS) is 32.2. The molecule has 7 fully saturated rings. The van der Waals surface area contributed by atoms with Gasteiger partial charge in [-0.25, -0.2) is 14.6 Å². The lowest BCUT2D eigenvalue weighted by Gasteiger charge is -2.51. The highest BCUT2D eigenvalue weighted by Gasteiger charge is 2.63. The number of aliphatic hydroxyl groups is 1. The van der Waals surface area contributed by atoms with Crippen molar-refractivity contribution in [2.24, 2.45) is 11.8 Å². The van der Waals surface area contributed by atoms with Gasteiger partial charge in [0.2, 0.25) is 0 Å². The number of carbonyl (C=O) groups is 3. The highest BCUT2D eigenvalue weighted by molar-refractivity contribution is 7.80. The number of imidazole rings is 1. The molecule has 1 saturated carbocycles. The van der Waals surface area contributed by atoms with Crippen molar-refractivity contribution in [2.45, 2.75) is 202 Å². The molecule has 24 heteroatoms. The maximum absolute atomic E-state index is 14.6. The molecule has 6 aliphatic heterocycles. The van der Waals surface area contributed by atoms with Gasteiger partial charge in [-0.15, -0.1) is 0 Å². The predicted octanol–water partition coefficient (Wildman–Crippen LogP) is 10.0.